The van der Waals surface area contributed by atoms with E-state index >= 15 is 0 Å². The molecule has 3 heteroatoms. The quantitative estimate of drug-likeness (QED) is 0.634. The van der Waals surface area contributed by atoms with Gasteiger partial charge in [0.25, 0.3) is 0 Å². The zero-order valence-corrected chi connectivity index (χ0v) is 6.82. The molecule has 0 aliphatic rings. The number of Topliss-reactive ketones (excluding diaryl/α,β-unsaturated/α-hetero) is 1. The Kier molecular flexibility index (Phi) is 2.78. The highest BCUT2D eigenvalue weighted by Crippen LogP contribution is 2.09. The highest BCUT2D eigenvalue weighted by atomic mass is 16.1. The van der Waals surface area contributed by atoms with Gasteiger partial charge in [-0.05, 0) is 6.07 Å². The molecule has 0 amide bonds. The maximum Gasteiger partial charge on any atom is 0.178 e. The molecular weight excluding hydrogens is 164 g/mol. The summed E-state index contributed by atoms with van der Waals surface area (Å²) in [4.78, 5) is 11.3. The van der Waals surface area contributed by atoms with Crippen molar-refractivity contribution in [2.75, 3.05) is 0 Å². The van der Waals surface area contributed by atoms with E-state index in [2.05, 4.69) is 0 Å². The summed E-state index contributed by atoms with van der Waals surface area (Å²) in [6, 6.07) is 10.1. The third kappa shape index (κ3) is 1.91. The van der Waals surface area contributed by atoms with Gasteiger partial charge >= 0.3 is 0 Å². The molecule has 0 saturated carbocycles. The van der Waals surface area contributed by atoms with E-state index in [4.69, 9.17) is 10.5 Å². The van der Waals surface area contributed by atoms with E-state index in [0.29, 0.717) is 11.1 Å². The molecule has 0 aromatic heterocycles. The molecule has 0 atom stereocenters. The molecule has 0 unspecified atom stereocenters. The Balaban J connectivity index is 3.09. The van der Waals surface area contributed by atoms with Gasteiger partial charge in [0, 0.05) is 5.56 Å². The fraction of sp³-hybridized carbons (Fsp3) is 0.100. The summed E-state index contributed by atoms with van der Waals surface area (Å²) in [5.74, 6) is -0.306. The molecule has 0 heterocycles. The SMILES string of the molecule is N#CCC(=O)c1ccccc1C#N. The number of hydrogen-bond acceptors (Lipinski definition) is 3. The molecule has 0 aliphatic heterocycles. The minimum atomic E-state index is -0.306. The Morgan fingerprint density at radius 1 is 1.31 bits per heavy atom. The second-order valence-corrected chi connectivity index (χ2v) is 2.42. The van der Waals surface area contributed by atoms with Gasteiger partial charge in [-0.1, -0.05) is 18.2 Å². The van der Waals surface area contributed by atoms with Gasteiger partial charge in [0.15, 0.2) is 5.78 Å². The van der Waals surface area contributed by atoms with Crippen LogP contribution in [0.4, 0.5) is 0 Å². The zero-order valence-electron chi connectivity index (χ0n) is 6.82. The lowest BCUT2D eigenvalue weighted by molar-refractivity contribution is 0.0997. The fourth-order valence-electron chi connectivity index (χ4n) is 0.991. The predicted molar refractivity (Wildman–Crippen MR) is 45.7 cm³/mol. The number of rotatable bonds is 2. The number of carbonyl (C=O) groups is 1. The maximum atomic E-state index is 11.3. The monoisotopic (exact) mass is 170 g/mol. The molecule has 0 N–H and O–H groups in total. The van der Waals surface area contributed by atoms with Gasteiger partial charge < -0.3 is 0 Å². The summed E-state index contributed by atoms with van der Waals surface area (Å²) in [7, 11) is 0. The summed E-state index contributed by atoms with van der Waals surface area (Å²) in [6.07, 6.45) is -0.182. The fourth-order valence-corrected chi connectivity index (χ4v) is 0.991. The van der Waals surface area contributed by atoms with Gasteiger partial charge in [-0.15, -0.1) is 0 Å². The predicted octanol–water partition coefficient (Wildman–Crippen LogP) is 1.65. The van der Waals surface area contributed by atoms with Gasteiger partial charge in [0.1, 0.15) is 0 Å². The van der Waals surface area contributed by atoms with Crippen LogP contribution in [-0.4, -0.2) is 5.78 Å². The van der Waals surface area contributed by atoms with Crippen molar-refractivity contribution in [2.45, 2.75) is 6.42 Å². The van der Waals surface area contributed by atoms with Crippen LogP contribution in [0.3, 0.4) is 0 Å². The van der Waals surface area contributed by atoms with Crippen LogP contribution in [0.1, 0.15) is 22.3 Å². The second kappa shape index (κ2) is 4.04. The molecule has 0 saturated heterocycles. The summed E-state index contributed by atoms with van der Waals surface area (Å²) in [5.41, 5.74) is 0.648. The van der Waals surface area contributed by atoms with Crippen molar-refractivity contribution in [3.63, 3.8) is 0 Å². The van der Waals surface area contributed by atoms with Crippen molar-refractivity contribution in [2.24, 2.45) is 0 Å². The van der Waals surface area contributed by atoms with E-state index in [1.807, 2.05) is 6.07 Å². The number of carbonyl (C=O) groups excluding carboxylic acids is 1. The van der Waals surface area contributed by atoms with Crippen molar-refractivity contribution in [1.82, 2.24) is 0 Å². The van der Waals surface area contributed by atoms with Crippen molar-refractivity contribution >= 4 is 5.78 Å². The molecule has 0 radical (unpaired) electrons. The van der Waals surface area contributed by atoms with Crippen molar-refractivity contribution in [3.05, 3.63) is 35.4 Å². The first-order valence-corrected chi connectivity index (χ1v) is 3.69. The van der Waals surface area contributed by atoms with Gasteiger partial charge in [-0.2, -0.15) is 10.5 Å². The lowest BCUT2D eigenvalue weighted by atomic mass is 10.0. The maximum absolute atomic E-state index is 11.3. The van der Waals surface area contributed by atoms with Crippen LogP contribution >= 0.6 is 0 Å². The first-order chi connectivity index (χ1) is 6.29. The van der Waals surface area contributed by atoms with Crippen molar-refractivity contribution < 1.29 is 4.79 Å². The number of nitrogens with zero attached hydrogens (tertiary/aromatic N) is 2. The average molecular weight is 170 g/mol. The van der Waals surface area contributed by atoms with Crippen molar-refractivity contribution in [1.29, 1.82) is 10.5 Å². The minimum Gasteiger partial charge on any atom is -0.293 e. The highest BCUT2D eigenvalue weighted by Gasteiger charge is 2.08. The zero-order chi connectivity index (χ0) is 9.68. The van der Waals surface area contributed by atoms with Crippen LogP contribution in [0, 0.1) is 22.7 Å². The van der Waals surface area contributed by atoms with E-state index < -0.39 is 0 Å². The molecule has 0 spiro atoms. The lowest BCUT2D eigenvalue weighted by Crippen LogP contribution is -2.00. The Hall–Kier alpha value is -2.13. The Bertz CT molecular complexity index is 410. The normalized spacial score (nSPS) is 8.46. The van der Waals surface area contributed by atoms with Crippen LogP contribution in [0.2, 0.25) is 0 Å². The standard InChI is InChI=1S/C10H6N2O/c11-6-5-10(13)9-4-2-1-3-8(9)7-12/h1-4H,5H2. The average Bonchev–Trinajstić information content (AvgIpc) is 2.18. The largest absolute Gasteiger partial charge is 0.293 e. The van der Waals surface area contributed by atoms with Crippen LogP contribution in [-0.2, 0) is 0 Å². The van der Waals surface area contributed by atoms with E-state index in [-0.39, 0.29) is 12.2 Å². The smallest absolute Gasteiger partial charge is 0.178 e. The first kappa shape index (κ1) is 8.96. The van der Waals surface area contributed by atoms with Gasteiger partial charge in [-0.25, -0.2) is 0 Å². The number of benzene rings is 1. The summed E-state index contributed by atoms with van der Waals surface area (Å²) in [5, 5.41) is 17.0. The van der Waals surface area contributed by atoms with E-state index in [9.17, 15) is 4.79 Å². The molecule has 1 aromatic rings. The number of ketones is 1. The molecule has 0 aliphatic carbocycles. The van der Waals surface area contributed by atoms with Crippen molar-refractivity contribution in [3.8, 4) is 12.1 Å². The third-order valence-corrected chi connectivity index (χ3v) is 1.59. The topological polar surface area (TPSA) is 64.7 Å². The van der Waals surface area contributed by atoms with Crippen LogP contribution in [0.15, 0.2) is 24.3 Å². The Morgan fingerprint density at radius 2 is 2.00 bits per heavy atom. The molecule has 1 aromatic carbocycles. The molecule has 13 heavy (non-hydrogen) atoms. The van der Waals surface area contributed by atoms with E-state index in [1.54, 1.807) is 30.3 Å². The molecule has 1 rings (SSSR count). The molecule has 62 valence electrons. The van der Waals surface area contributed by atoms with Crippen LogP contribution in [0.25, 0.3) is 0 Å². The molecule has 0 fully saturated rings. The lowest BCUT2D eigenvalue weighted by Gasteiger charge is -1.97. The summed E-state index contributed by atoms with van der Waals surface area (Å²) < 4.78 is 0. The van der Waals surface area contributed by atoms with Gasteiger partial charge in [-0.3, -0.25) is 4.79 Å². The van der Waals surface area contributed by atoms with E-state index in [0.717, 1.165) is 0 Å². The van der Waals surface area contributed by atoms with E-state index in [1.165, 1.54) is 0 Å². The molecular formula is C10H6N2O. The molecule has 3 nitrogen and oxygen atoms in total. The first-order valence-electron chi connectivity index (χ1n) is 3.69. The van der Waals surface area contributed by atoms with Gasteiger partial charge in [0.2, 0.25) is 0 Å². The van der Waals surface area contributed by atoms with Crippen LogP contribution < -0.4 is 0 Å². The minimum absolute atomic E-state index is 0.182. The highest BCUT2D eigenvalue weighted by molar-refractivity contribution is 5.99. The number of nitriles is 2. The summed E-state index contributed by atoms with van der Waals surface area (Å²) in [6.45, 7) is 0. The third-order valence-electron chi connectivity index (χ3n) is 1.59. The Labute approximate surface area is 75.8 Å². The van der Waals surface area contributed by atoms with Crippen LogP contribution in [0.5, 0.6) is 0 Å². The second-order valence-electron chi connectivity index (χ2n) is 2.42. The number of hydrogen-bond donors (Lipinski definition) is 0. The Morgan fingerprint density at radius 3 is 2.62 bits per heavy atom. The van der Waals surface area contributed by atoms with Gasteiger partial charge in [0.05, 0.1) is 24.1 Å². The molecule has 0 bridgehead atoms. The summed E-state index contributed by atoms with van der Waals surface area (Å²) >= 11 is 0.